The van der Waals surface area contributed by atoms with Crippen molar-refractivity contribution in [3.8, 4) is 0 Å². The Labute approximate surface area is 300 Å². The zero-order chi connectivity index (χ0) is 36.9. The standard InChI is InChI=1S/C42H62N2O6/c1-39(2,3)31-19-15-28(16-20-31)25-30(26-29-17-21-32(22-18-29)40(4,5)6)37(46)44-33-13-11-12-14-34(33)49-35(45)23-24-43-38(47)36-41(7,8)27-48-42(9,10)50-36/h15-22,30,33-34,36H,11-14,23-27H2,1-10H3,(H,43,47)(H,44,46)/t33-,34-,36?/m0/s1. The average molecular weight is 691 g/mol. The highest BCUT2D eigenvalue weighted by Gasteiger charge is 2.45. The third-order valence-electron chi connectivity index (χ3n) is 10.1. The maximum Gasteiger partial charge on any atom is 0.307 e. The van der Waals surface area contributed by atoms with E-state index >= 15 is 0 Å². The molecule has 276 valence electrons. The lowest BCUT2D eigenvalue weighted by atomic mass is 9.84. The summed E-state index contributed by atoms with van der Waals surface area (Å²) >= 11 is 0. The third kappa shape index (κ3) is 11.1. The van der Waals surface area contributed by atoms with Gasteiger partial charge in [0.05, 0.1) is 19.1 Å². The quantitative estimate of drug-likeness (QED) is 0.239. The number of carbonyl (C=O) groups excluding carboxylic acids is 3. The molecule has 2 aromatic carbocycles. The number of carbonyl (C=O) groups is 3. The zero-order valence-corrected chi connectivity index (χ0v) is 32.2. The molecule has 0 radical (unpaired) electrons. The summed E-state index contributed by atoms with van der Waals surface area (Å²) < 4.78 is 17.6. The Bertz CT molecular complexity index is 1390. The Kier molecular flexibility index (Phi) is 12.6. The van der Waals surface area contributed by atoms with Gasteiger partial charge in [0.1, 0.15) is 12.2 Å². The summed E-state index contributed by atoms with van der Waals surface area (Å²) in [6.45, 7) is 21.2. The summed E-state index contributed by atoms with van der Waals surface area (Å²) in [5, 5.41) is 6.16. The molecule has 2 amide bonds. The number of esters is 1. The second kappa shape index (κ2) is 16.0. The highest BCUT2D eigenvalue weighted by atomic mass is 16.7. The highest BCUT2D eigenvalue weighted by molar-refractivity contribution is 5.82. The number of nitrogens with one attached hydrogen (secondary N) is 2. The first-order valence-electron chi connectivity index (χ1n) is 18.5. The Hall–Kier alpha value is -3.23. The van der Waals surface area contributed by atoms with Gasteiger partial charge in [-0.25, -0.2) is 0 Å². The molecule has 2 N–H and O–H groups in total. The van der Waals surface area contributed by atoms with Crippen LogP contribution in [-0.2, 0) is 52.3 Å². The van der Waals surface area contributed by atoms with Gasteiger partial charge in [-0.15, -0.1) is 0 Å². The van der Waals surface area contributed by atoms with Crippen molar-refractivity contribution in [3.63, 3.8) is 0 Å². The summed E-state index contributed by atoms with van der Waals surface area (Å²) in [7, 11) is 0. The van der Waals surface area contributed by atoms with Crippen LogP contribution >= 0.6 is 0 Å². The van der Waals surface area contributed by atoms with Crippen LogP contribution in [0.2, 0.25) is 0 Å². The fourth-order valence-electron chi connectivity index (χ4n) is 6.74. The van der Waals surface area contributed by atoms with Gasteiger partial charge in [-0.3, -0.25) is 14.4 Å². The molecule has 2 aromatic rings. The molecule has 8 heteroatoms. The van der Waals surface area contributed by atoms with Crippen molar-refractivity contribution in [2.45, 2.75) is 149 Å². The molecule has 2 fully saturated rings. The van der Waals surface area contributed by atoms with Crippen molar-refractivity contribution in [3.05, 3.63) is 70.8 Å². The molecule has 0 aromatic heterocycles. The lowest BCUT2D eigenvalue weighted by Gasteiger charge is -2.44. The maximum atomic E-state index is 14.1. The third-order valence-corrected chi connectivity index (χ3v) is 10.1. The van der Waals surface area contributed by atoms with E-state index in [1.54, 1.807) is 13.8 Å². The molecule has 1 unspecified atom stereocenters. The molecule has 50 heavy (non-hydrogen) atoms. The molecule has 4 rings (SSSR count). The van der Waals surface area contributed by atoms with Crippen molar-refractivity contribution < 1.29 is 28.6 Å². The first-order valence-corrected chi connectivity index (χ1v) is 18.5. The van der Waals surface area contributed by atoms with Gasteiger partial charge in [0.15, 0.2) is 5.79 Å². The van der Waals surface area contributed by atoms with Gasteiger partial charge in [0.25, 0.3) is 0 Å². The van der Waals surface area contributed by atoms with E-state index in [1.807, 2.05) is 13.8 Å². The summed E-state index contributed by atoms with van der Waals surface area (Å²) in [5.74, 6) is -1.82. The summed E-state index contributed by atoms with van der Waals surface area (Å²) in [6.07, 6.45) is 3.48. The van der Waals surface area contributed by atoms with Gasteiger partial charge < -0.3 is 24.8 Å². The predicted octanol–water partition coefficient (Wildman–Crippen LogP) is 7.34. The molecule has 1 saturated heterocycles. The van der Waals surface area contributed by atoms with Crippen molar-refractivity contribution in [2.75, 3.05) is 13.2 Å². The summed E-state index contributed by atoms with van der Waals surface area (Å²) in [4.78, 5) is 40.1. The molecule has 1 aliphatic carbocycles. The number of benzene rings is 2. The minimum Gasteiger partial charge on any atom is -0.460 e. The van der Waals surface area contributed by atoms with Gasteiger partial charge in [0, 0.05) is 17.9 Å². The Morgan fingerprint density at radius 1 is 0.820 bits per heavy atom. The number of ether oxygens (including phenoxy) is 3. The molecule has 8 nitrogen and oxygen atoms in total. The molecule has 0 bridgehead atoms. The van der Waals surface area contributed by atoms with Crippen LogP contribution in [0.5, 0.6) is 0 Å². The van der Waals surface area contributed by atoms with E-state index in [1.165, 1.54) is 11.1 Å². The molecule has 1 aliphatic heterocycles. The predicted molar refractivity (Wildman–Crippen MR) is 198 cm³/mol. The van der Waals surface area contributed by atoms with E-state index in [0.29, 0.717) is 25.9 Å². The number of rotatable bonds is 11. The van der Waals surface area contributed by atoms with Gasteiger partial charge in [-0.05, 0) is 79.0 Å². The number of hydrogen-bond acceptors (Lipinski definition) is 6. The van der Waals surface area contributed by atoms with Crippen molar-refractivity contribution >= 4 is 17.8 Å². The van der Waals surface area contributed by atoms with Crippen LogP contribution in [-0.4, -0.2) is 55.0 Å². The minimum absolute atomic E-state index is 0.0213. The monoisotopic (exact) mass is 690 g/mol. The second-order valence-corrected chi connectivity index (χ2v) is 17.6. The normalized spacial score (nSPS) is 22.1. The van der Waals surface area contributed by atoms with E-state index in [9.17, 15) is 14.4 Å². The molecule has 2 aliphatic rings. The fraction of sp³-hybridized carbons (Fsp3) is 0.643. The van der Waals surface area contributed by atoms with E-state index < -0.39 is 29.4 Å². The topological polar surface area (TPSA) is 103 Å². The average Bonchev–Trinajstić information content (AvgIpc) is 3.02. The van der Waals surface area contributed by atoms with Crippen LogP contribution in [0.4, 0.5) is 0 Å². The van der Waals surface area contributed by atoms with Crippen LogP contribution in [0.15, 0.2) is 48.5 Å². The minimum atomic E-state index is -0.857. The van der Waals surface area contributed by atoms with Gasteiger partial charge in [-0.2, -0.15) is 0 Å². The van der Waals surface area contributed by atoms with Crippen LogP contribution in [0.25, 0.3) is 0 Å². The molecule has 1 heterocycles. The van der Waals surface area contributed by atoms with Crippen molar-refractivity contribution in [2.24, 2.45) is 11.3 Å². The van der Waals surface area contributed by atoms with Crippen molar-refractivity contribution in [1.29, 1.82) is 0 Å². The number of hydrogen-bond donors (Lipinski definition) is 2. The Morgan fingerprint density at radius 3 is 1.86 bits per heavy atom. The SMILES string of the molecule is CC1(C)OCC(C)(C)C(C(=O)NCCC(=O)O[C@H]2CCCC[C@@H]2NC(=O)C(Cc2ccc(C(C)(C)C)cc2)Cc2ccc(C(C)(C)C)cc2)O1. The van der Waals surface area contributed by atoms with E-state index in [2.05, 4.69) is 101 Å². The first kappa shape index (κ1) is 39.6. The largest absolute Gasteiger partial charge is 0.460 e. The molecular weight excluding hydrogens is 628 g/mol. The lowest BCUT2D eigenvalue weighted by Crippen LogP contribution is -2.56. The van der Waals surface area contributed by atoms with Gasteiger partial charge in [0.2, 0.25) is 11.8 Å². The summed E-state index contributed by atoms with van der Waals surface area (Å²) in [5.41, 5.74) is 4.37. The van der Waals surface area contributed by atoms with Crippen LogP contribution in [0.3, 0.4) is 0 Å². The highest BCUT2D eigenvalue weighted by Crippen LogP contribution is 2.35. The van der Waals surface area contributed by atoms with Crippen LogP contribution < -0.4 is 10.6 Å². The summed E-state index contributed by atoms with van der Waals surface area (Å²) in [6, 6.07) is 17.0. The van der Waals surface area contributed by atoms with E-state index in [0.717, 1.165) is 30.4 Å². The maximum absolute atomic E-state index is 14.1. The van der Waals surface area contributed by atoms with Gasteiger partial charge in [-0.1, -0.05) is 110 Å². The van der Waals surface area contributed by atoms with Crippen LogP contribution in [0.1, 0.15) is 124 Å². The number of amides is 2. The Balaban J connectivity index is 1.39. The first-order chi connectivity index (χ1) is 23.2. The molecule has 1 saturated carbocycles. The zero-order valence-electron chi connectivity index (χ0n) is 32.2. The molecular formula is C42H62N2O6. The molecule has 0 spiro atoms. The fourth-order valence-corrected chi connectivity index (χ4v) is 6.74. The molecule has 3 atom stereocenters. The second-order valence-electron chi connectivity index (χ2n) is 17.6. The van der Waals surface area contributed by atoms with Gasteiger partial charge >= 0.3 is 5.97 Å². The van der Waals surface area contributed by atoms with Crippen molar-refractivity contribution in [1.82, 2.24) is 10.6 Å². The van der Waals surface area contributed by atoms with E-state index in [4.69, 9.17) is 14.2 Å². The van der Waals surface area contributed by atoms with E-state index in [-0.39, 0.29) is 47.6 Å². The lowest BCUT2D eigenvalue weighted by molar-refractivity contribution is -0.304. The Morgan fingerprint density at radius 2 is 1.34 bits per heavy atom. The smallest absolute Gasteiger partial charge is 0.307 e. The van der Waals surface area contributed by atoms with Crippen LogP contribution in [0, 0.1) is 11.3 Å².